The molecule has 0 atom stereocenters. The number of nitrogens with one attached hydrogen (secondary N) is 2. The van der Waals surface area contributed by atoms with Crippen LogP contribution in [0.1, 0.15) is 5.56 Å². The third-order valence-electron chi connectivity index (χ3n) is 3.26. The van der Waals surface area contributed by atoms with E-state index < -0.39 is 0 Å². The normalized spacial score (nSPS) is 10.4. The lowest BCUT2D eigenvalue weighted by Crippen LogP contribution is -2.23. The molecule has 2 rings (SSSR count). The number of phenols is 1. The Kier molecular flexibility index (Phi) is 6.41. The van der Waals surface area contributed by atoms with Crippen molar-refractivity contribution in [2.75, 3.05) is 26.6 Å². The average molecular weight is 361 g/mol. The van der Waals surface area contributed by atoms with Gasteiger partial charge in [0.1, 0.15) is 0 Å². The molecule has 0 saturated carbocycles. The Morgan fingerprint density at radius 3 is 2.44 bits per heavy atom. The summed E-state index contributed by atoms with van der Waals surface area (Å²) in [6.07, 6.45) is 1.44. The van der Waals surface area contributed by atoms with Crippen LogP contribution < -0.4 is 25.0 Å². The number of hydrogen-bond donors (Lipinski definition) is 3. The first-order valence-electron chi connectivity index (χ1n) is 7.27. The fourth-order valence-electron chi connectivity index (χ4n) is 2.04. The molecule has 0 heterocycles. The Morgan fingerprint density at radius 2 is 1.76 bits per heavy atom. The maximum absolute atomic E-state index is 9.98. The molecular weight excluding hydrogens is 342 g/mol. The molecule has 0 unspecified atom stereocenters. The molecule has 0 fully saturated rings. The highest BCUT2D eigenvalue weighted by molar-refractivity contribution is 7.80. The van der Waals surface area contributed by atoms with Gasteiger partial charge in [0.15, 0.2) is 28.1 Å². The molecule has 0 bridgehead atoms. The molecule has 0 aliphatic rings. The summed E-state index contributed by atoms with van der Waals surface area (Å²) >= 11 is 5.18. The molecule has 7 nitrogen and oxygen atoms in total. The molecule has 0 spiro atoms. The summed E-state index contributed by atoms with van der Waals surface area (Å²) < 4.78 is 15.5. The molecular formula is C17H19N3O4S. The zero-order valence-electron chi connectivity index (χ0n) is 14.1. The summed E-state index contributed by atoms with van der Waals surface area (Å²) in [4.78, 5) is 0. The van der Waals surface area contributed by atoms with Crippen LogP contribution >= 0.6 is 12.2 Å². The van der Waals surface area contributed by atoms with Gasteiger partial charge in [0.2, 0.25) is 0 Å². The SMILES string of the molecule is COc1ccc(NC(=S)N/N=C/c2cccc(OC)c2O)cc1OC. The molecule has 0 radical (unpaired) electrons. The number of anilines is 1. The zero-order valence-corrected chi connectivity index (χ0v) is 14.9. The molecule has 0 amide bonds. The number of phenolic OH excluding ortho intramolecular Hbond substituents is 1. The van der Waals surface area contributed by atoms with E-state index in [1.807, 2.05) is 0 Å². The summed E-state index contributed by atoms with van der Waals surface area (Å²) in [5.74, 6) is 1.59. The number of nitrogens with zero attached hydrogens (tertiary/aromatic N) is 1. The second-order valence-corrected chi connectivity index (χ2v) is 5.20. The highest BCUT2D eigenvalue weighted by Crippen LogP contribution is 2.30. The van der Waals surface area contributed by atoms with Crippen LogP contribution in [0, 0.1) is 0 Å². The van der Waals surface area contributed by atoms with Crippen molar-refractivity contribution in [3.8, 4) is 23.0 Å². The summed E-state index contributed by atoms with van der Waals surface area (Å²) in [5, 5.41) is 17.2. The number of hydrazone groups is 1. The van der Waals surface area contributed by atoms with E-state index in [9.17, 15) is 5.11 Å². The predicted octanol–water partition coefficient (Wildman–Crippen LogP) is 2.74. The van der Waals surface area contributed by atoms with Crippen LogP contribution in [0.5, 0.6) is 23.0 Å². The van der Waals surface area contributed by atoms with E-state index in [1.165, 1.54) is 13.3 Å². The van der Waals surface area contributed by atoms with Crippen LogP contribution in [-0.4, -0.2) is 37.8 Å². The number of aromatic hydroxyl groups is 1. The van der Waals surface area contributed by atoms with Crippen molar-refractivity contribution in [3.63, 3.8) is 0 Å². The fraction of sp³-hybridized carbons (Fsp3) is 0.176. The second-order valence-electron chi connectivity index (χ2n) is 4.79. The van der Waals surface area contributed by atoms with Gasteiger partial charge in [-0.3, -0.25) is 5.43 Å². The van der Waals surface area contributed by atoms with Gasteiger partial charge in [0.05, 0.1) is 27.5 Å². The van der Waals surface area contributed by atoms with Gasteiger partial charge in [-0.05, 0) is 36.5 Å². The van der Waals surface area contributed by atoms with Crippen molar-refractivity contribution >= 4 is 29.2 Å². The lowest BCUT2D eigenvalue weighted by molar-refractivity contribution is 0.355. The lowest BCUT2D eigenvalue weighted by Gasteiger charge is -2.11. The first-order valence-corrected chi connectivity index (χ1v) is 7.68. The zero-order chi connectivity index (χ0) is 18.2. The number of ether oxygens (including phenoxy) is 3. The molecule has 0 aliphatic carbocycles. The van der Waals surface area contributed by atoms with E-state index in [1.54, 1.807) is 50.6 Å². The molecule has 0 aromatic heterocycles. The van der Waals surface area contributed by atoms with E-state index in [0.717, 1.165) is 5.69 Å². The molecule has 2 aromatic carbocycles. The van der Waals surface area contributed by atoms with Crippen LogP contribution in [0.2, 0.25) is 0 Å². The number of benzene rings is 2. The number of methoxy groups -OCH3 is 3. The number of hydrogen-bond acceptors (Lipinski definition) is 6. The minimum Gasteiger partial charge on any atom is -0.504 e. The van der Waals surface area contributed by atoms with Gasteiger partial charge in [0, 0.05) is 17.3 Å². The maximum atomic E-state index is 9.98. The van der Waals surface area contributed by atoms with Crippen LogP contribution in [0.15, 0.2) is 41.5 Å². The van der Waals surface area contributed by atoms with Gasteiger partial charge < -0.3 is 24.6 Å². The third-order valence-corrected chi connectivity index (χ3v) is 3.45. The van der Waals surface area contributed by atoms with Gasteiger partial charge in [-0.15, -0.1) is 0 Å². The van der Waals surface area contributed by atoms with Crippen LogP contribution in [-0.2, 0) is 0 Å². The highest BCUT2D eigenvalue weighted by Gasteiger charge is 2.06. The highest BCUT2D eigenvalue weighted by atomic mass is 32.1. The Hall–Kier alpha value is -3.00. The molecule has 3 N–H and O–H groups in total. The minimum atomic E-state index is 0.00863. The molecule has 132 valence electrons. The molecule has 25 heavy (non-hydrogen) atoms. The van der Waals surface area contributed by atoms with Crippen molar-refractivity contribution in [1.29, 1.82) is 0 Å². The van der Waals surface area contributed by atoms with Crippen molar-refractivity contribution in [3.05, 3.63) is 42.0 Å². The second kappa shape index (κ2) is 8.74. The van der Waals surface area contributed by atoms with E-state index in [-0.39, 0.29) is 10.9 Å². The molecule has 8 heteroatoms. The summed E-state index contributed by atoms with van der Waals surface area (Å²) in [5.41, 5.74) is 3.89. The summed E-state index contributed by atoms with van der Waals surface area (Å²) in [6, 6.07) is 10.4. The maximum Gasteiger partial charge on any atom is 0.191 e. The molecule has 2 aromatic rings. The Labute approximate surface area is 151 Å². The third kappa shape index (κ3) is 4.74. The first kappa shape index (κ1) is 18.3. The van der Waals surface area contributed by atoms with Crippen molar-refractivity contribution in [2.45, 2.75) is 0 Å². The van der Waals surface area contributed by atoms with Crippen molar-refractivity contribution in [2.24, 2.45) is 5.10 Å². The van der Waals surface area contributed by atoms with E-state index in [0.29, 0.717) is 22.8 Å². The monoisotopic (exact) mass is 361 g/mol. The standard InChI is InChI=1S/C17H19N3O4S/c1-22-13-8-7-12(9-15(13)24-3)19-17(25)20-18-10-11-5-4-6-14(23-2)16(11)21/h4-10,21H,1-3H3,(H2,19,20,25)/b18-10+. The molecule has 0 aliphatic heterocycles. The van der Waals surface area contributed by atoms with Gasteiger partial charge >= 0.3 is 0 Å². The van der Waals surface area contributed by atoms with Crippen molar-refractivity contribution < 1.29 is 19.3 Å². The number of para-hydroxylation sites is 1. The Bertz CT molecular complexity index is 780. The summed E-state index contributed by atoms with van der Waals surface area (Å²) in [6.45, 7) is 0. The first-order chi connectivity index (χ1) is 12.1. The van der Waals surface area contributed by atoms with Crippen LogP contribution in [0.4, 0.5) is 5.69 Å². The lowest BCUT2D eigenvalue weighted by atomic mass is 10.2. The van der Waals surface area contributed by atoms with Crippen LogP contribution in [0.25, 0.3) is 0 Å². The van der Waals surface area contributed by atoms with Gasteiger partial charge in [-0.25, -0.2) is 0 Å². The fourth-order valence-corrected chi connectivity index (χ4v) is 2.21. The molecule has 0 saturated heterocycles. The average Bonchev–Trinajstić information content (AvgIpc) is 2.63. The number of thiocarbonyl (C=S) groups is 1. The summed E-state index contributed by atoms with van der Waals surface area (Å²) in [7, 11) is 4.61. The largest absolute Gasteiger partial charge is 0.504 e. The Balaban J connectivity index is 1.99. The van der Waals surface area contributed by atoms with Gasteiger partial charge in [-0.2, -0.15) is 5.10 Å². The van der Waals surface area contributed by atoms with Gasteiger partial charge in [-0.1, -0.05) is 6.07 Å². The quantitative estimate of drug-likeness (QED) is 0.414. The number of rotatable bonds is 6. The minimum absolute atomic E-state index is 0.00863. The Morgan fingerprint density at radius 1 is 1.04 bits per heavy atom. The smallest absolute Gasteiger partial charge is 0.191 e. The van der Waals surface area contributed by atoms with E-state index in [2.05, 4.69) is 15.8 Å². The van der Waals surface area contributed by atoms with Crippen molar-refractivity contribution in [1.82, 2.24) is 5.43 Å². The van der Waals surface area contributed by atoms with E-state index >= 15 is 0 Å². The van der Waals surface area contributed by atoms with E-state index in [4.69, 9.17) is 26.4 Å². The van der Waals surface area contributed by atoms with Gasteiger partial charge in [0.25, 0.3) is 0 Å². The topological polar surface area (TPSA) is 84.3 Å². The predicted molar refractivity (Wildman–Crippen MR) is 101 cm³/mol. The van der Waals surface area contributed by atoms with Crippen LogP contribution in [0.3, 0.4) is 0 Å².